The molecule has 0 bridgehead atoms. The maximum Gasteiger partial charge on any atom is 0.219 e. The summed E-state index contributed by atoms with van der Waals surface area (Å²) in [5, 5.41) is 2.42. The van der Waals surface area contributed by atoms with Crippen LogP contribution in [-0.2, 0) is 10.8 Å². The number of pyridine rings is 2. The Morgan fingerprint density at radius 1 is 0.600 bits per heavy atom. The highest BCUT2D eigenvalue weighted by atomic mass is 16.5. The molecule has 6 rings (SSSR count). The average molecular weight is 526 g/mol. The summed E-state index contributed by atoms with van der Waals surface area (Å²) in [5.41, 5.74) is 6.96. The van der Waals surface area contributed by atoms with Crippen LogP contribution < -0.4 is 4.74 Å². The first kappa shape index (κ1) is 25.8. The summed E-state index contributed by atoms with van der Waals surface area (Å²) in [6.07, 6.45) is 3.82. The van der Waals surface area contributed by atoms with Gasteiger partial charge < -0.3 is 4.74 Å². The molecule has 0 spiro atoms. The molecule has 0 radical (unpaired) electrons. The molecule has 6 aromatic rings. The van der Waals surface area contributed by atoms with Gasteiger partial charge in [-0.25, -0.2) is 9.97 Å². The summed E-state index contributed by atoms with van der Waals surface area (Å²) < 4.78 is 8.48. The van der Waals surface area contributed by atoms with Gasteiger partial charge in [-0.3, -0.25) is 4.57 Å². The molecule has 0 atom stereocenters. The van der Waals surface area contributed by atoms with Crippen LogP contribution >= 0.6 is 0 Å². The summed E-state index contributed by atoms with van der Waals surface area (Å²) in [7, 11) is 0. The van der Waals surface area contributed by atoms with Crippen molar-refractivity contribution in [3.63, 3.8) is 0 Å². The van der Waals surface area contributed by atoms with E-state index in [0.717, 1.165) is 33.7 Å². The van der Waals surface area contributed by atoms with Gasteiger partial charge in [-0.1, -0.05) is 90.1 Å². The summed E-state index contributed by atoms with van der Waals surface area (Å²) in [4.78, 5) is 9.36. The lowest BCUT2D eigenvalue weighted by Crippen LogP contribution is -2.11. The number of hydrogen-bond acceptors (Lipinski definition) is 3. The number of nitrogens with zero attached hydrogens (tertiary/aromatic N) is 3. The van der Waals surface area contributed by atoms with Crippen molar-refractivity contribution in [2.75, 3.05) is 0 Å². The second-order valence-electron chi connectivity index (χ2n) is 12.5. The van der Waals surface area contributed by atoms with Gasteiger partial charge in [0.05, 0.1) is 11.0 Å². The van der Waals surface area contributed by atoms with Crippen LogP contribution in [0, 0.1) is 0 Å². The summed E-state index contributed by atoms with van der Waals surface area (Å²) in [5.74, 6) is 2.28. The molecular formula is C36H35N3O. The lowest BCUT2D eigenvalue weighted by Gasteiger charge is -2.19. The van der Waals surface area contributed by atoms with E-state index in [0.29, 0.717) is 5.88 Å². The van der Waals surface area contributed by atoms with E-state index in [4.69, 9.17) is 9.72 Å². The first-order chi connectivity index (χ1) is 19.1. The molecule has 3 aromatic carbocycles. The van der Waals surface area contributed by atoms with E-state index in [1.165, 1.54) is 21.9 Å². The molecule has 0 N–H and O–H groups in total. The van der Waals surface area contributed by atoms with Crippen molar-refractivity contribution in [1.29, 1.82) is 0 Å². The number of fused-ring (bicyclic) bond motifs is 3. The average Bonchev–Trinajstić information content (AvgIpc) is 3.26. The van der Waals surface area contributed by atoms with E-state index >= 15 is 0 Å². The zero-order valence-corrected chi connectivity index (χ0v) is 24.1. The minimum Gasteiger partial charge on any atom is -0.439 e. The fourth-order valence-corrected chi connectivity index (χ4v) is 5.15. The standard InChI is InChI=1S/C36H35N3O/c1-35(2,3)26-18-19-37-34(22-26)40-28-11-9-10-24(20-28)25-14-16-30-29-12-7-8-13-31(29)39(32(30)21-25)33-17-15-27(23-38-33)36(4,5)6/h7-23H,1-6H3. The first-order valence-electron chi connectivity index (χ1n) is 13.8. The summed E-state index contributed by atoms with van der Waals surface area (Å²) in [6.45, 7) is 13.2. The first-order valence-corrected chi connectivity index (χ1v) is 13.8. The maximum atomic E-state index is 6.22. The predicted octanol–water partition coefficient (Wildman–Crippen LogP) is 9.63. The van der Waals surface area contributed by atoms with E-state index in [9.17, 15) is 0 Å². The largest absolute Gasteiger partial charge is 0.439 e. The van der Waals surface area contributed by atoms with E-state index in [1.54, 1.807) is 0 Å². The molecular weight excluding hydrogens is 490 g/mol. The third kappa shape index (κ3) is 4.86. The van der Waals surface area contributed by atoms with Crippen LogP contribution in [0.3, 0.4) is 0 Å². The van der Waals surface area contributed by atoms with Crippen LogP contribution in [0.2, 0.25) is 0 Å². The Labute approximate surface area is 236 Å². The fraction of sp³-hybridized carbons (Fsp3) is 0.222. The van der Waals surface area contributed by atoms with Crippen molar-refractivity contribution < 1.29 is 4.74 Å². The Morgan fingerprint density at radius 2 is 1.35 bits per heavy atom. The highest BCUT2D eigenvalue weighted by molar-refractivity contribution is 6.10. The lowest BCUT2D eigenvalue weighted by molar-refractivity contribution is 0.459. The van der Waals surface area contributed by atoms with Crippen molar-refractivity contribution >= 4 is 21.8 Å². The van der Waals surface area contributed by atoms with Crippen LogP contribution in [0.5, 0.6) is 11.6 Å². The fourth-order valence-electron chi connectivity index (χ4n) is 5.15. The van der Waals surface area contributed by atoms with E-state index in [2.05, 4.69) is 118 Å². The third-order valence-electron chi connectivity index (χ3n) is 7.51. The Kier molecular flexibility index (Phi) is 6.22. The molecule has 0 aliphatic rings. The quantitative estimate of drug-likeness (QED) is 0.230. The van der Waals surface area contributed by atoms with E-state index in [1.807, 2.05) is 36.7 Å². The number of para-hydroxylation sites is 1. The maximum absolute atomic E-state index is 6.22. The predicted molar refractivity (Wildman–Crippen MR) is 166 cm³/mol. The highest BCUT2D eigenvalue weighted by Crippen LogP contribution is 2.36. The van der Waals surface area contributed by atoms with Crippen molar-refractivity contribution in [1.82, 2.24) is 14.5 Å². The topological polar surface area (TPSA) is 39.9 Å². The SMILES string of the molecule is CC(C)(C)c1ccc(-n2c3ccccc3c3ccc(-c4cccc(Oc5cc(C(C)(C)C)ccn5)c4)cc32)nc1. The van der Waals surface area contributed by atoms with Crippen molar-refractivity contribution in [3.05, 3.63) is 115 Å². The zero-order valence-electron chi connectivity index (χ0n) is 24.1. The molecule has 3 heterocycles. The molecule has 0 saturated heterocycles. The molecule has 0 saturated carbocycles. The van der Waals surface area contributed by atoms with Crippen LogP contribution in [0.25, 0.3) is 38.8 Å². The van der Waals surface area contributed by atoms with Gasteiger partial charge in [0.1, 0.15) is 11.6 Å². The Hall–Kier alpha value is -4.44. The number of ether oxygens (including phenoxy) is 1. The minimum absolute atomic E-state index is 0.0265. The molecule has 0 fully saturated rings. The molecule has 0 aliphatic heterocycles. The number of rotatable bonds is 4. The van der Waals surface area contributed by atoms with Crippen LogP contribution in [0.15, 0.2) is 103 Å². The smallest absolute Gasteiger partial charge is 0.219 e. The van der Waals surface area contributed by atoms with Crippen molar-refractivity contribution in [2.45, 2.75) is 52.4 Å². The zero-order chi connectivity index (χ0) is 28.1. The van der Waals surface area contributed by atoms with Gasteiger partial charge in [0.15, 0.2) is 0 Å². The van der Waals surface area contributed by atoms with Crippen molar-refractivity contribution in [2.24, 2.45) is 0 Å². The number of aromatic nitrogens is 3. The molecule has 40 heavy (non-hydrogen) atoms. The monoisotopic (exact) mass is 525 g/mol. The minimum atomic E-state index is 0.0265. The highest BCUT2D eigenvalue weighted by Gasteiger charge is 2.18. The Morgan fingerprint density at radius 3 is 2.10 bits per heavy atom. The molecule has 0 aliphatic carbocycles. The summed E-state index contributed by atoms with van der Waals surface area (Å²) >= 11 is 0. The van der Waals surface area contributed by atoms with Gasteiger partial charge in [-0.2, -0.15) is 0 Å². The van der Waals surface area contributed by atoms with Gasteiger partial charge >= 0.3 is 0 Å². The Bertz CT molecular complexity index is 1830. The van der Waals surface area contributed by atoms with Gasteiger partial charge in [0, 0.05) is 29.2 Å². The van der Waals surface area contributed by atoms with E-state index in [-0.39, 0.29) is 10.8 Å². The Balaban J connectivity index is 1.42. The molecule has 4 heteroatoms. The number of hydrogen-bond donors (Lipinski definition) is 0. The third-order valence-corrected chi connectivity index (χ3v) is 7.51. The lowest BCUT2D eigenvalue weighted by atomic mass is 9.88. The molecule has 0 unspecified atom stereocenters. The normalized spacial score (nSPS) is 12.2. The van der Waals surface area contributed by atoms with Gasteiger partial charge in [0.25, 0.3) is 0 Å². The molecule has 200 valence electrons. The van der Waals surface area contributed by atoms with E-state index < -0.39 is 0 Å². The van der Waals surface area contributed by atoms with Crippen LogP contribution in [0.4, 0.5) is 0 Å². The molecule has 0 amide bonds. The van der Waals surface area contributed by atoms with Gasteiger partial charge in [0.2, 0.25) is 5.88 Å². The summed E-state index contributed by atoms with van der Waals surface area (Å²) in [6, 6.07) is 31.8. The number of benzene rings is 3. The van der Waals surface area contributed by atoms with Gasteiger partial charge in [-0.15, -0.1) is 0 Å². The van der Waals surface area contributed by atoms with Crippen LogP contribution in [0.1, 0.15) is 52.7 Å². The second-order valence-corrected chi connectivity index (χ2v) is 12.5. The van der Waals surface area contributed by atoms with Gasteiger partial charge in [-0.05, 0) is 69.5 Å². The van der Waals surface area contributed by atoms with Crippen LogP contribution in [-0.4, -0.2) is 14.5 Å². The second kappa shape index (κ2) is 9.63. The van der Waals surface area contributed by atoms with Crippen molar-refractivity contribution in [3.8, 4) is 28.6 Å². The molecule has 4 nitrogen and oxygen atoms in total. The molecule has 3 aromatic heterocycles.